The molecule has 0 unspecified atom stereocenters. The monoisotopic (exact) mass is 222 g/mol. The van der Waals surface area contributed by atoms with Gasteiger partial charge in [-0.05, 0) is 0 Å². The Bertz CT molecular complexity index is 393. The molecule has 5 heteroatoms. The molecule has 0 spiro atoms. The molecule has 2 aromatic heterocycles. The van der Waals surface area contributed by atoms with Gasteiger partial charge in [-0.15, -0.1) is 11.3 Å². The van der Waals surface area contributed by atoms with Crippen molar-refractivity contribution in [2.45, 2.75) is 13.0 Å². The lowest BCUT2D eigenvalue weighted by atomic mass is 10.4. The molecule has 4 nitrogen and oxygen atoms in total. The molecule has 2 aromatic rings. The number of aromatic nitrogens is 3. The van der Waals surface area contributed by atoms with Crippen LogP contribution in [-0.4, -0.2) is 21.1 Å². The summed E-state index contributed by atoms with van der Waals surface area (Å²) in [7, 11) is 2.02. The molecule has 0 atom stereocenters. The first kappa shape index (κ1) is 10.3. The summed E-state index contributed by atoms with van der Waals surface area (Å²) in [4.78, 5) is 8.46. The maximum absolute atomic E-state index is 4.26. The molecule has 15 heavy (non-hydrogen) atoms. The first-order valence-electron chi connectivity index (χ1n) is 4.91. The zero-order valence-corrected chi connectivity index (χ0v) is 9.50. The lowest BCUT2D eigenvalue weighted by Gasteiger charge is -2.02. The quantitative estimate of drug-likeness (QED) is 0.773. The van der Waals surface area contributed by atoms with Gasteiger partial charge in [-0.25, -0.2) is 9.97 Å². The Kier molecular flexibility index (Phi) is 3.47. The minimum absolute atomic E-state index is 0.849. The van der Waals surface area contributed by atoms with Crippen LogP contribution in [0.1, 0.15) is 10.8 Å². The summed E-state index contributed by atoms with van der Waals surface area (Å²) >= 11 is 1.68. The summed E-state index contributed by atoms with van der Waals surface area (Å²) in [6.07, 6.45) is 6.58. The topological polar surface area (TPSA) is 42.7 Å². The molecular formula is C10H14N4S. The Hall–Kier alpha value is -1.20. The zero-order valence-electron chi connectivity index (χ0n) is 8.68. The normalized spacial score (nSPS) is 10.7. The van der Waals surface area contributed by atoms with Crippen LogP contribution in [0.4, 0.5) is 0 Å². The van der Waals surface area contributed by atoms with Crippen LogP contribution in [0.2, 0.25) is 0 Å². The third-order valence-electron chi connectivity index (χ3n) is 2.21. The summed E-state index contributed by atoms with van der Waals surface area (Å²) in [6, 6.07) is 0. The van der Waals surface area contributed by atoms with Crippen molar-refractivity contribution in [1.82, 2.24) is 19.9 Å². The predicted octanol–water partition coefficient (Wildman–Crippen LogP) is 1.21. The van der Waals surface area contributed by atoms with Gasteiger partial charge in [0.1, 0.15) is 10.8 Å². The van der Waals surface area contributed by atoms with Crippen LogP contribution in [0.5, 0.6) is 0 Å². The molecule has 0 saturated carbocycles. The molecule has 0 saturated heterocycles. The van der Waals surface area contributed by atoms with E-state index >= 15 is 0 Å². The van der Waals surface area contributed by atoms with E-state index in [0.717, 1.165) is 30.3 Å². The van der Waals surface area contributed by atoms with E-state index in [1.165, 1.54) is 0 Å². The highest BCUT2D eigenvalue weighted by Crippen LogP contribution is 2.02. The van der Waals surface area contributed by atoms with Gasteiger partial charge in [0.25, 0.3) is 0 Å². The van der Waals surface area contributed by atoms with Crippen LogP contribution in [0.15, 0.2) is 24.0 Å². The number of nitrogens with one attached hydrogen (secondary N) is 1. The number of nitrogens with zero attached hydrogens (tertiary/aromatic N) is 3. The molecule has 0 aliphatic heterocycles. The van der Waals surface area contributed by atoms with E-state index in [1.54, 1.807) is 11.3 Å². The molecule has 2 rings (SSSR count). The van der Waals surface area contributed by atoms with E-state index in [2.05, 4.69) is 15.3 Å². The predicted molar refractivity (Wildman–Crippen MR) is 60.7 cm³/mol. The van der Waals surface area contributed by atoms with E-state index < -0.39 is 0 Å². The van der Waals surface area contributed by atoms with Crippen LogP contribution < -0.4 is 5.32 Å². The van der Waals surface area contributed by atoms with Crippen molar-refractivity contribution < 1.29 is 0 Å². The molecule has 2 heterocycles. The van der Waals surface area contributed by atoms with Crippen molar-refractivity contribution in [3.63, 3.8) is 0 Å². The van der Waals surface area contributed by atoms with Crippen LogP contribution in [0.25, 0.3) is 0 Å². The standard InChI is InChI=1S/C10H14N4S/c1-14-6-4-12-9(14)2-3-11-8-10-13-5-7-15-10/h4-7,11H,2-3,8H2,1H3. The fraction of sp³-hybridized carbons (Fsp3) is 0.400. The van der Waals surface area contributed by atoms with Gasteiger partial charge in [-0.3, -0.25) is 0 Å². The maximum atomic E-state index is 4.26. The number of aryl methyl sites for hydroxylation is 1. The van der Waals surface area contributed by atoms with Crippen molar-refractivity contribution in [3.8, 4) is 0 Å². The molecule has 0 bridgehead atoms. The Morgan fingerprint density at radius 2 is 2.33 bits per heavy atom. The number of thiazole rings is 1. The van der Waals surface area contributed by atoms with E-state index in [9.17, 15) is 0 Å². The highest BCUT2D eigenvalue weighted by Gasteiger charge is 1.99. The molecule has 0 radical (unpaired) electrons. The Balaban J connectivity index is 1.70. The highest BCUT2D eigenvalue weighted by atomic mass is 32.1. The molecule has 0 aliphatic rings. The fourth-order valence-electron chi connectivity index (χ4n) is 1.37. The SMILES string of the molecule is Cn1ccnc1CCNCc1nccs1. The zero-order chi connectivity index (χ0) is 10.5. The minimum Gasteiger partial charge on any atom is -0.338 e. The third kappa shape index (κ3) is 2.87. The van der Waals surface area contributed by atoms with Gasteiger partial charge >= 0.3 is 0 Å². The van der Waals surface area contributed by atoms with Crippen LogP contribution in [0, 0.1) is 0 Å². The lowest BCUT2D eigenvalue weighted by molar-refractivity contribution is 0.653. The average molecular weight is 222 g/mol. The first-order chi connectivity index (χ1) is 7.36. The second kappa shape index (κ2) is 5.04. The van der Waals surface area contributed by atoms with E-state index in [0.29, 0.717) is 0 Å². The Morgan fingerprint density at radius 3 is 3.00 bits per heavy atom. The number of hydrogen-bond donors (Lipinski definition) is 1. The van der Waals surface area contributed by atoms with E-state index in [-0.39, 0.29) is 0 Å². The molecule has 80 valence electrons. The van der Waals surface area contributed by atoms with Crippen molar-refractivity contribution in [3.05, 3.63) is 34.8 Å². The van der Waals surface area contributed by atoms with Crippen LogP contribution >= 0.6 is 11.3 Å². The van der Waals surface area contributed by atoms with Crippen molar-refractivity contribution in [2.24, 2.45) is 7.05 Å². The summed E-state index contributed by atoms with van der Waals surface area (Å²) in [5.74, 6) is 1.11. The van der Waals surface area contributed by atoms with Gasteiger partial charge in [0, 0.05) is 50.5 Å². The molecule has 0 aliphatic carbocycles. The largest absolute Gasteiger partial charge is 0.338 e. The van der Waals surface area contributed by atoms with Gasteiger partial charge in [-0.1, -0.05) is 0 Å². The molecular weight excluding hydrogens is 208 g/mol. The maximum Gasteiger partial charge on any atom is 0.109 e. The lowest BCUT2D eigenvalue weighted by Crippen LogP contribution is -2.17. The van der Waals surface area contributed by atoms with Gasteiger partial charge in [0.15, 0.2) is 0 Å². The summed E-state index contributed by atoms with van der Waals surface area (Å²) in [5.41, 5.74) is 0. The first-order valence-corrected chi connectivity index (χ1v) is 5.79. The van der Waals surface area contributed by atoms with E-state index in [4.69, 9.17) is 0 Å². The molecule has 1 N–H and O–H groups in total. The summed E-state index contributed by atoms with van der Waals surface area (Å²) in [5, 5.41) is 6.48. The van der Waals surface area contributed by atoms with Crippen molar-refractivity contribution >= 4 is 11.3 Å². The number of hydrogen-bond acceptors (Lipinski definition) is 4. The van der Waals surface area contributed by atoms with E-state index in [1.807, 2.05) is 35.6 Å². The summed E-state index contributed by atoms with van der Waals surface area (Å²) in [6.45, 7) is 1.78. The molecule has 0 fully saturated rings. The van der Waals surface area contributed by atoms with Gasteiger partial charge in [-0.2, -0.15) is 0 Å². The molecule has 0 aromatic carbocycles. The molecule has 0 amide bonds. The Labute approximate surface area is 93.0 Å². The van der Waals surface area contributed by atoms with Gasteiger partial charge in [0.05, 0.1) is 0 Å². The second-order valence-corrected chi connectivity index (χ2v) is 4.29. The fourth-order valence-corrected chi connectivity index (χ4v) is 1.96. The van der Waals surface area contributed by atoms with Gasteiger partial charge in [0.2, 0.25) is 0 Å². The third-order valence-corrected chi connectivity index (χ3v) is 2.99. The van der Waals surface area contributed by atoms with Crippen molar-refractivity contribution in [1.29, 1.82) is 0 Å². The van der Waals surface area contributed by atoms with Crippen LogP contribution in [0.3, 0.4) is 0 Å². The second-order valence-electron chi connectivity index (χ2n) is 3.31. The summed E-state index contributed by atoms with van der Waals surface area (Å²) < 4.78 is 2.05. The van der Waals surface area contributed by atoms with Crippen molar-refractivity contribution in [2.75, 3.05) is 6.54 Å². The number of imidazole rings is 1. The minimum atomic E-state index is 0.849. The van der Waals surface area contributed by atoms with Crippen LogP contribution in [-0.2, 0) is 20.0 Å². The van der Waals surface area contributed by atoms with Gasteiger partial charge < -0.3 is 9.88 Å². The number of rotatable bonds is 5. The average Bonchev–Trinajstić information content (AvgIpc) is 2.85. The smallest absolute Gasteiger partial charge is 0.109 e. The Morgan fingerprint density at radius 1 is 1.40 bits per heavy atom. The highest BCUT2D eigenvalue weighted by molar-refractivity contribution is 7.09.